The smallest absolute Gasteiger partial charge is 0.325 e. The second-order valence-electron chi connectivity index (χ2n) is 13.9. The number of aryl methyl sites for hydroxylation is 2. The van der Waals surface area contributed by atoms with Gasteiger partial charge in [-0.05, 0) is 179 Å². The molecule has 0 unspecified atom stereocenters. The molecule has 0 heterocycles. The monoisotopic (exact) mass is 1140 g/mol. The number of nitrogens with one attached hydrogen (secondary N) is 2. The van der Waals surface area contributed by atoms with Gasteiger partial charge in [-0.2, -0.15) is 0 Å². The van der Waals surface area contributed by atoms with Crippen molar-refractivity contribution in [3.05, 3.63) is 88.5 Å². The van der Waals surface area contributed by atoms with E-state index >= 15 is 0 Å². The molecule has 2 N–H and O–H groups in total. The lowest BCUT2D eigenvalue weighted by Gasteiger charge is -2.09. The van der Waals surface area contributed by atoms with Gasteiger partial charge in [0, 0.05) is 230 Å². The number of anilines is 1. The Labute approximate surface area is 546 Å². The highest BCUT2D eigenvalue weighted by atomic mass is 16.5. The van der Waals surface area contributed by atoms with Crippen molar-refractivity contribution in [3.8, 4) is 273 Å². The molecule has 0 radical (unpaired) electrons. The molecular formula is C73H122N2O7. The predicted octanol–water partition coefficient (Wildman–Crippen LogP) is 15.8. The molecule has 0 fully saturated rings. The zero-order chi connectivity index (χ0) is 59.2. The largest absolute Gasteiger partial charge is 0.461 e. The van der Waals surface area contributed by atoms with Crippen LogP contribution in [-0.2, 0) is 32.3 Å². The first-order valence-electron chi connectivity index (χ1n) is 23.0. The molecule has 1 amide bonds. The molecule has 0 bridgehead atoms. The highest BCUT2D eigenvalue weighted by molar-refractivity contribution is 5.96. The first kappa shape index (κ1) is 63.9. The molecule has 3 aromatic rings. The molecule has 0 aromatic heterocycles. The summed E-state index contributed by atoms with van der Waals surface area (Å²) in [4.78, 5) is 35.6. The predicted molar refractivity (Wildman–Crippen MR) is 408 cm³/mol. The lowest BCUT2D eigenvalue weighted by Crippen LogP contribution is -2.30. The fourth-order valence-electron chi connectivity index (χ4n) is 4.81. The van der Waals surface area contributed by atoms with Crippen LogP contribution in [-0.4, -0.2) is 31.4 Å². The molecule has 0 saturated carbocycles. The number of terminal acetylenes is 2. The van der Waals surface area contributed by atoms with Crippen LogP contribution in [0.4, 0.5) is 5.69 Å². The molecule has 0 saturated heterocycles. The number of benzene rings is 3. The van der Waals surface area contributed by atoms with Crippen LogP contribution < -0.4 is 20.1 Å². The zero-order valence-corrected chi connectivity index (χ0v) is 44.1. The van der Waals surface area contributed by atoms with Gasteiger partial charge < -0.3 is 29.6 Å². The maximum atomic E-state index is 12.2. The molecular weight excluding hydrogens is 1020 g/mol. The third-order valence-corrected chi connectivity index (χ3v) is 7.97. The summed E-state index contributed by atoms with van der Waals surface area (Å²) in [6, 6.07) is 17.6. The van der Waals surface area contributed by atoms with Gasteiger partial charge >= 0.3 is 11.9 Å². The van der Waals surface area contributed by atoms with Crippen LogP contribution in [0, 0.1) is 276 Å². The molecule has 3 rings (SSSR count). The first-order chi connectivity index (χ1) is 40.2. The Hall–Kier alpha value is -14.2. The van der Waals surface area contributed by atoms with Gasteiger partial charge in [0.2, 0.25) is 0 Å². The number of ether oxygens (including phenoxy) is 4. The average Bonchev–Trinajstić information content (AvgIpc) is 0.892. The van der Waals surface area contributed by atoms with Crippen molar-refractivity contribution in [2.45, 2.75) is 40.4 Å². The van der Waals surface area contributed by atoms with Crippen LogP contribution in [0.3, 0.4) is 0 Å². The number of hydrogen-bond donors (Lipinski definition) is 2. The summed E-state index contributed by atoms with van der Waals surface area (Å²) in [5, 5.41) is 5.51. The fourth-order valence-corrected chi connectivity index (χ4v) is 4.81. The molecule has 0 aliphatic rings. The molecule has 0 atom stereocenters. The minimum atomic E-state index is -0.579. The Kier molecular flexibility index (Phi) is 34.5. The summed E-state index contributed by atoms with van der Waals surface area (Å²) in [5.74, 6) is 98.4. The molecule has 9 nitrogen and oxygen atoms in total. The van der Waals surface area contributed by atoms with Gasteiger partial charge in [-0.3, -0.25) is 14.4 Å². The molecule has 0 spiro atoms. The topological polar surface area (TPSA) is 112 Å². The van der Waals surface area contributed by atoms with Gasteiger partial charge in [-0.15, -0.1) is 12.8 Å². The molecule has 9 heteroatoms. The Bertz CT molecular complexity index is 4550. The van der Waals surface area contributed by atoms with E-state index in [4.69, 9.17) is 31.8 Å². The molecule has 82 heavy (non-hydrogen) atoms. The van der Waals surface area contributed by atoms with Crippen molar-refractivity contribution in [2.75, 3.05) is 18.9 Å². The molecule has 3 aromatic carbocycles. The number of esters is 2. The number of rotatable bonds is 11. The molecule has 466 valence electrons. The van der Waals surface area contributed by atoms with Crippen molar-refractivity contribution in [3.63, 3.8) is 0 Å². The summed E-state index contributed by atoms with van der Waals surface area (Å²) >= 11 is 0. The van der Waals surface area contributed by atoms with Crippen LogP contribution >= 0.6 is 0 Å². The van der Waals surface area contributed by atoms with Crippen molar-refractivity contribution in [1.82, 2.24) is 5.32 Å². The summed E-state index contributed by atoms with van der Waals surface area (Å²) in [7, 11) is 1.78. The van der Waals surface area contributed by atoms with Crippen LogP contribution in [0.15, 0.2) is 60.7 Å². The summed E-state index contributed by atoms with van der Waals surface area (Å²) in [6.07, 6.45) is 15.2. The van der Waals surface area contributed by atoms with E-state index in [-0.39, 0.29) is 94.4 Å². The third kappa shape index (κ3) is 35.0. The number of carbonyl (C=O) groups is 3. The van der Waals surface area contributed by atoms with Crippen molar-refractivity contribution in [2.24, 2.45) is 0 Å². The van der Waals surface area contributed by atoms with E-state index in [9.17, 15) is 14.4 Å². The van der Waals surface area contributed by atoms with E-state index < -0.39 is 5.97 Å². The normalized spacial score (nSPS) is 6.85. The van der Waals surface area contributed by atoms with E-state index in [0.717, 1.165) is 22.4 Å². The molecule has 0 aliphatic heterocycles. The zero-order valence-electron chi connectivity index (χ0n) is 44.1. The van der Waals surface area contributed by atoms with E-state index in [1.54, 1.807) is 56.4 Å². The van der Waals surface area contributed by atoms with Gasteiger partial charge in [-0.1, -0.05) is 19.1 Å². The van der Waals surface area contributed by atoms with E-state index in [0.29, 0.717) is 29.0 Å². The Morgan fingerprint density at radius 2 is 0.732 bits per heavy atom. The Morgan fingerprint density at radius 1 is 0.427 bits per heavy atom. The van der Waals surface area contributed by atoms with Gasteiger partial charge in [0.15, 0.2) is 0 Å². The molecule has 0 aliphatic carbocycles. The van der Waals surface area contributed by atoms with Crippen molar-refractivity contribution in [1.29, 1.82) is 0 Å². The van der Waals surface area contributed by atoms with Crippen molar-refractivity contribution < 1.29 is 96.1 Å². The number of hydrogen-bond acceptors (Lipinski definition) is 8. The number of amides is 1. The van der Waals surface area contributed by atoms with Crippen molar-refractivity contribution >= 4 is 23.5 Å². The fraction of sp³-hybridized carbons (Fsp3) is 0.110. The quantitative estimate of drug-likeness (QED) is 0.144. The van der Waals surface area contributed by atoms with Gasteiger partial charge in [0.1, 0.15) is 43.5 Å². The van der Waals surface area contributed by atoms with Gasteiger partial charge in [0.05, 0.1) is 0 Å². The van der Waals surface area contributed by atoms with Crippen LogP contribution in [0.2, 0.25) is 0 Å². The minimum Gasteiger partial charge on any atom is -0.461 e. The second kappa shape index (κ2) is 44.3. The van der Waals surface area contributed by atoms with Crippen LogP contribution in [0.5, 0.6) is 11.5 Å². The number of carbonyl (C=O) groups excluding carboxylic acids is 3. The van der Waals surface area contributed by atoms with Crippen LogP contribution in [0.1, 0.15) is 109 Å². The lowest BCUT2D eigenvalue weighted by atomic mass is 10.1. The van der Waals surface area contributed by atoms with E-state index in [1.165, 1.54) is 0 Å². The standard InChI is InChI=1S/C40H20N2O4.C33H14O3.44H2/c1-4-5-6-7-8-9-10-11-12-13-14-15-16-17-18-19-20-21-22-23-28-45-38-30-34(2)29-35(31-38)33-46-39(43)32-42-40(44)36-24-26-37(41-3)27-25-36;1-4-6-7-8-9-10-11-12-13-14-15-16-17-18-19-20-21-22-23-24-25-35-32-27-30(3)26-31(28-32)29-36-33(34)5-2;;;;;;;;;;;;;;;;;;;;;;;;;;;;;;;;;;;;;;;;;;;;/h1,24-27,29-31,41H,32-33H2,2-3H3,(H,42,44);1,26-28H,5,29H2,2-3H3;44*1H. The maximum Gasteiger partial charge on any atom is 0.325 e. The summed E-state index contributed by atoms with van der Waals surface area (Å²) in [6.45, 7) is 5.41. The Morgan fingerprint density at radius 3 is 1.04 bits per heavy atom. The summed E-state index contributed by atoms with van der Waals surface area (Å²) < 4.78 is 21.2. The van der Waals surface area contributed by atoms with Gasteiger partial charge in [0.25, 0.3) is 5.91 Å². The third-order valence-electron chi connectivity index (χ3n) is 7.97. The summed E-state index contributed by atoms with van der Waals surface area (Å²) in [5.41, 5.74) is 4.64. The Balaban J connectivity index is -0.0000000200. The highest BCUT2D eigenvalue weighted by Gasteiger charge is 2.10. The van der Waals surface area contributed by atoms with Gasteiger partial charge in [-0.25, -0.2) is 0 Å². The van der Waals surface area contributed by atoms with Crippen LogP contribution in [0.25, 0.3) is 0 Å². The second-order valence-corrected chi connectivity index (χ2v) is 13.9. The highest BCUT2D eigenvalue weighted by Crippen LogP contribution is 2.19. The minimum absolute atomic E-state index is 0. The van der Waals surface area contributed by atoms with E-state index in [2.05, 4.69) is 260 Å². The van der Waals surface area contributed by atoms with E-state index in [1.807, 2.05) is 32.0 Å². The lowest BCUT2D eigenvalue weighted by molar-refractivity contribution is -0.145. The SMILES string of the molecule is C#CC#CC#CC#CC#CC#CC#CC#CC#CC#CC#COc1cc(C)cc(COC(=O)CC)c1.C#CC#CC#CC#CC#CC#CC#CC#CC#CC#CC#COc1cc(C)cc(COC(=O)CNC(=O)c2ccc(NC)cc2)c1.[HH].[HH].[HH].[HH].[HH].[HH].[HH].[HH].[HH].[HH].[HH].[HH].[HH].[HH].[HH].[HH].[HH].[HH].[HH].[HH].[HH].[HH].[HH].[HH].[HH].[HH].[HH].[HH].[HH].[HH].[HH].[HH].[HH].[HH].[HH].[HH].[HH].[HH].[HH].[HH].[HH].[HH].[HH].[HH]. The maximum absolute atomic E-state index is 12.2. The first-order valence-corrected chi connectivity index (χ1v) is 23.0. The average molecular weight is 1140 g/mol.